The topological polar surface area (TPSA) is 65.1 Å². The Kier molecular flexibility index (Phi) is 7.24. The monoisotopic (exact) mass is 449 g/mol. The number of guanidine groups is 1. The summed E-state index contributed by atoms with van der Waals surface area (Å²) >= 11 is 0. The van der Waals surface area contributed by atoms with Crippen molar-refractivity contribution in [2.45, 2.75) is 19.9 Å². The number of rotatable bonds is 5. The van der Waals surface area contributed by atoms with Crippen LogP contribution in [-0.4, -0.2) is 29.5 Å². The summed E-state index contributed by atoms with van der Waals surface area (Å²) in [5.74, 6) is 0.792. The van der Waals surface area contributed by atoms with Gasteiger partial charge in [0.25, 0.3) is 0 Å². The number of benzene rings is 1. The number of fused-ring (bicyclic) bond motifs is 1. The van der Waals surface area contributed by atoms with E-state index in [0.29, 0.717) is 6.54 Å². The van der Waals surface area contributed by atoms with Crippen molar-refractivity contribution in [1.29, 1.82) is 0 Å². The van der Waals surface area contributed by atoms with E-state index < -0.39 is 0 Å². The predicted octanol–water partition coefficient (Wildman–Crippen LogP) is 3.40. The number of hydrogen-bond acceptors (Lipinski definition) is 2. The molecular formula is C19H24IN5. The summed E-state index contributed by atoms with van der Waals surface area (Å²) in [6.45, 7) is 3.55. The number of aromatic amines is 1. The molecule has 2 heterocycles. The highest BCUT2D eigenvalue weighted by atomic mass is 127. The van der Waals surface area contributed by atoms with E-state index in [1.807, 2.05) is 18.3 Å². The summed E-state index contributed by atoms with van der Waals surface area (Å²) in [5.41, 5.74) is 4.71. The van der Waals surface area contributed by atoms with Crippen LogP contribution in [0, 0.1) is 6.92 Å². The molecule has 0 aliphatic rings. The maximum Gasteiger partial charge on any atom is 0.191 e. The van der Waals surface area contributed by atoms with E-state index in [9.17, 15) is 0 Å². The van der Waals surface area contributed by atoms with Gasteiger partial charge < -0.3 is 15.6 Å². The number of nitrogens with zero attached hydrogens (tertiary/aromatic N) is 2. The fourth-order valence-corrected chi connectivity index (χ4v) is 2.75. The third kappa shape index (κ3) is 4.94. The van der Waals surface area contributed by atoms with Gasteiger partial charge in [0.15, 0.2) is 5.96 Å². The number of H-pyrrole nitrogens is 1. The van der Waals surface area contributed by atoms with Gasteiger partial charge in [0.1, 0.15) is 0 Å². The molecule has 3 rings (SSSR count). The number of halogens is 1. The predicted molar refractivity (Wildman–Crippen MR) is 115 cm³/mol. The van der Waals surface area contributed by atoms with Gasteiger partial charge in [-0.15, -0.1) is 24.0 Å². The van der Waals surface area contributed by atoms with Gasteiger partial charge in [0, 0.05) is 36.9 Å². The first-order chi connectivity index (χ1) is 11.8. The molecule has 3 N–H and O–H groups in total. The molecule has 0 atom stereocenters. The Labute approximate surface area is 165 Å². The molecule has 1 aromatic carbocycles. The largest absolute Gasteiger partial charge is 0.361 e. The molecule has 5 nitrogen and oxygen atoms in total. The van der Waals surface area contributed by atoms with Crippen molar-refractivity contribution in [1.82, 2.24) is 20.6 Å². The van der Waals surface area contributed by atoms with Crippen molar-refractivity contribution < 1.29 is 0 Å². The normalized spacial score (nSPS) is 11.2. The first-order valence-corrected chi connectivity index (χ1v) is 8.18. The second kappa shape index (κ2) is 9.41. The SMILES string of the molecule is CN=C(NCCc1c[nH]c2ccccc12)NCc1ncccc1C.I. The van der Waals surface area contributed by atoms with Crippen LogP contribution in [0.5, 0.6) is 0 Å². The standard InChI is InChI=1S/C19H23N5.HI/c1-14-6-5-10-21-18(14)13-24-19(20-2)22-11-9-15-12-23-17-8-4-3-7-16(15)17;/h3-8,10,12,23H,9,11,13H2,1-2H3,(H2,20,22,24);1H. The quantitative estimate of drug-likeness (QED) is 0.318. The first kappa shape index (κ1) is 19.2. The molecule has 0 unspecified atom stereocenters. The number of hydrogen-bond donors (Lipinski definition) is 3. The van der Waals surface area contributed by atoms with Gasteiger partial charge in [-0.25, -0.2) is 0 Å². The van der Waals surface area contributed by atoms with Gasteiger partial charge in [0.05, 0.1) is 12.2 Å². The van der Waals surface area contributed by atoms with Crippen LogP contribution < -0.4 is 10.6 Å². The summed E-state index contributed by atoms with van der Waals surface area (Å²) in [7, 11) is 1.78. The van der Waals surface area contributed by atoms with Crippen LogP contribution in [-0.2, 0) is 13.0 Å². The molecular weight excluding hydrogens is 425 g/mol. The Balaban J connectivity index is 0.00000225. The van der Waals surface area contributed by atoms with E-state index in [0.717, 1.165) is 24.6 Å². The van der Waals surface area contributed by atoms with Crippen molar-refractivity contribution in [3.05, 3.63) is 65.6 Å². The zero-order valence-electron chi connectivity index (χ0n) is 14.5. The number of aliphatic imine (C=N–C) groups is 1. The maximum absolute atomic E-state index is 4.39. The molecule has 0 saturated carbocycles. The lowest BCUT2D eigenvalue weighted by atomic mass is 10.1. The van der Waals surface area contributed by atoms with Crippen LogP contribution in [0.2, 0.25) is 0 Å². The third-order valence-electron chi connectivity index (χ3n) is 4.13. The van der Waals surface area contributed by atoms with Gasteiger partial charge in [-0.2, -0.15) is 0 Å². The Bertz CT molecular complexity index is 840. The molecule has 2 aromatic heterocycles. The molecule has 0 saturated heterocycles. The summed E-state index contributed by atoms with van der Waals surface area (Å²) in [5, 5.41) is 7.96. The van der Waals surface area contributed by atoms with Gasteiger partial charge >= 0.3 is 0 Å². The van der Waals surface area contributed by atoms with Gasteiger partial charge in [0.2, 0.25) is 0 Å². The van der Waals surface area contributed by atoms with E-state index >= 15 is 0 Å². The summed E-state index contributed by atoms with van der Waals surface area (Å²) < 4.78 is 0. The molecule has 0 aliphatic heterocycles. The lowest BCUT2D eigenvalue weighted by Crippen LogP contribution is -2.38. The molecule has 6 heteroatoms. The van der Waals surface area contributed by atoms with Crippen LogP contribution in [0.4, 0.5) is 0 Å². The van der Waals surface area contributed by atoms with Crippen LogP contribution in [0.25, 0.3) is 10.9 Å². The Morgan fingerprint density at radius 3 is 2.80 bits per heavy atom. The Morgan fingerprint density at radius 2 is 2.00 bits per heavy atom. The molecule has 0 fully saturated rings. The average Bonchev–Trinajstić information content (AvgIpc) is 3.02. The average molecular weight is 449 g/mol. The van der Waals surface area contributed by atoms with Crippen LogP contribution in [0.15, 0.2) is 53.8 Å². The van der Waals surface area contributed by atoms with Crippen molar-refractivity contribution >= 4 is 40.8 Å². The highest BCUT2D eigenvalue weighted by molar-refractivity contribution is 14.0. The highest BCUT2D eigenvalue weighted by Gasteiger charge is 2.04. The van der Waals surface area contributed by atoms with Crippen molar-refractivity contribution in [3.8, 4) is 0 Å². The van der Waals surface area contributed by atoms with Crippen LogP contribution >= 0.6 is 24.0 Å². The molecule has 132 valence electrons. The van der Waals surface area contributed by atoms with Crippen LogP contribution in [0.3, 0.4) is 0 Å². The number of aromatic nitrogens is 2. The Hall–Kier alpha value is -2.09. The fourth-order valence-electron chi connectivity index (χ4n) is 2.75. The Morgan fingerprint density at radius 1 is 1.16 bits per heavy atom. The zero-order chi connectivity index (χ0) is 16.8. The fraction of sp³-hybridized carbons (Fsp3) is 0.263. The minimum Gasteiger partial charge on any atom is -0.361 e. The molecule has 0 radical (unpaired) electrons. The second-order valence-electron chi connectivity index (χ2n) is 5.73. The number of para-hydroxylation sites is 1. The first-order valence-electron chi connectivity index (χ1n) is 8.18. The molecule has 0 spiro atoms. The molecule has 0 amide bonds. The number of aryl methyl sites for hydroxylation is 1. The van der Waals surface area contributed by atoms with Crippen molar-refractivity contribution in [2.75, 3.05) is 13.6 Å². The summed E-state index contributed by atoms with van der Waals surface area (Å²) in [6.07, 6.45) is 4.84. The molecule has 25 heavy (non-hydrogen) atoms. The molecule has 0 bridgehead atoms. The minimum atomic E-state index is 0. The zero-order valence-corrected chi connectivity index (χ0v) is 16.9. The van der Waals surface area contributed by atoms with E-state index in [4.69, 9.17) is 0 Å². The lowest BCUT2D eigenvalue weighted by Gasteiger charge is -2.12. The van der Waals surface area contributed by atoms with Gasteiger partial charge in [-0.3, -0.25) is 9.98 Å². The number of pyridine rings is 1. The van der Waals surface area contributed by atoms with Crippen LogP contribution in [0.1, 0.15) is 16.8 Å². The summed E-state index contributed by atoms with van der Waals surface area (Å²) in [4.78, 5) is 12.0. The molecule has 3 aromatic rings. The van der Waals surface area contributed by atoms with Gasteiger partial charge in [-0.05, 0) is 36.6 Å². The summed E-state index contributed by atoms with van der Waals surface area (Å²) in [6, 6.07) is 12.4. The van der Waals surface area contributed by atoms with E-state index in [1.165, 1.54) is 22.0 Å². The second-order valence-corrected chi connectivity index (χ2v) is 5.73. The van der Waals surface area contributed by atoms with Crippen molar-refractivity contribution in [2.24, 2.45) is 4.99 Å². The van der Waals surface area contributed by atoms with Gasteiger partial charge in [-0.1, -0.05) is 24.3 Å². The highest BCUT2D eigenvalue weighted by Crippen LogP contribution is 2.17. The third-order valence-corrected chi connectivity index (χ3v) is 4.13. The van der Waals surface area contributed by atoms with E-state index in [2.05, 4.69) is 63.0 Å². The number of nitrogens with one attached hydrogen (secondary N) is 3. The van der Waals surface area contributed by atoms with E-state index in [-0.39, 0.29) is 24.0 Å². The smallest absolute Gasteiger partial charge is 0.191 e. The van der Waals surface area contributed by atoms with E-state index in [1.54, 1.807) is 7.05 Å². The minimum absolute atomic E-state index is 0. The lowest BCUT2D eigenvalue weighted by molar-refractivity contribution is 0.781. The maximum atomic E-state index is 4.39. The molecule has 0 aliphatic carbocycles. The van der Waals surface area contributed by atoms with Crippen molar-refractivity contribution in [3.63, 3.8) is 0 Å².